The zero-order chi connectivity index (χ0) is 19.9. The van der Waals surface area contributed by atoms with E-state index in [4.69, 9.17) is 9.72 Å². The Labute approximate surface area is 163 Å². The third kappa shape index (κ3) is 3.57. The van der Waals surface area contributed by atoms with Crippen LogP contribution >= 0.6 is 11.9 Å². The highest BCUT2D eigenvalue weighted by Crippen LogP contribution is 2.44. The van der Waals surface area contributed by atoms with Crippen molar-refractivity contribution in [2.75, 3.05) is 7.11 Å². The standard InChI is InChI=1S/C18H18N3OS.BF4/c1-22-15-10-11-20-17-12(15)6-2-5-9-16(17)23-21-14-8-4-3-7-13(14)19-18(20)21;2-1(3,4)5/h3-4,7-8,10-11,16H,2,5-6,9H2,1H3;/q+1;-1. The van der Waals surface area contributed by atoms with E-state index in [9.17, 15) is 17.3 Å². The summed E-state index contributed by atoms with van der Waals surface area (Å²) in [5.41, 5.74) is 5.01. The Balaban J connectivity index is 0.000000346. The summed E-state index contributed by atoms with van der Waals surface area (Å²) in [6.45, 7) is 0. The number of fused-ring (bicyclic) bond motifs is 4. The molecule has 1 unspecified atom stereocenters. The molecule has 148 valence electrons. The zero-order valence-electron chi connectivity index (χ0n) is 15.1. The second kappa shape index (κ2) is 7.31. The Morgan fingerprint density at radius 3 is 2.68 bits per heavy atom. The molecule has 1 aliphatic carbocycles. The predicted molar refractivity (Wildman–Crippen MR) is 101 cm³/mol. The summed E-state index contributed by atoms with van der Waals surface area (Å²) < 4.78 is 49.2. The number of methoxy groups -OCH3 is 1. The molecule has 0 radical (unpaired) electrons. The summed E-state index contributed by atoms with van der Waals surface area (Å²) in [6, 6.07) is 10.5. The number of nitrogens with zero attached hydrogens (tertiary/aromatic N) is 3. The zero-order valence-corrected chi connectivity index (χ0v) is 15.9. The third-order valence-corrected chi connectivity index (χ3v) is 6.14. The van der Waals surface area contributed by atoms with Crippen LogP contribution in [0.15, 0.2) is 36.5 Å². The van der Waals surface area contributed by atoms with Crippen LogP contribution in [0.5, 0.6) is 5.75 Å². The van der Waals surface area contributed by atoms with E-state index in [0.29, 0.717) is 5.25 Å². The molecule has 1 aliphatic heterocycles. The molecule has 28 heavy (non-hydrogen) atoms. The van der Waals surface area contributed by atoms with Crippen LogP contribution in [0, 0.1) is 0 Å². The van der Waals surface area contributed by atoms with Crippen molar-refractivity contribution < 1.29 is 26.6 Å². The molecular weight excluding hydrogens is 393 g/mol. The van der Waals surface area contributed by atoms with Crippen LogP contribution in [0.3, 0.4) is 0 Å². The quantitative estimate of drug-likeness (QED) is 0.324. The van der Waals surface area contributed by atoms with E-state index < -0.39 is 7.25 Å². The van der Waals surface area contributed by atoms with Gasteiger partial charge in [0.05, 0.1) is 18.6 Å². The second-order valence-corrected chi connectivity index (χ2v) is 7.79. The molecule has 0 fully saturated rings. The van der Waals surface area contributed by atoms with Crippen molar-refractivity contribution in [3.63, 3.8) is 0 Å². The number of imidazole rings is 1. The first-order valence-corrected chi connectivity index (χ1v) is 9.84. The summed E-state index contributed by atoms with van der Waals surface area (Å²) in [4.78, 5) is 4.88. The van der Waals surface area contributed by atoms with E-state index in [1.165, 1.54) is 36.0 Å². The topological polar surface area (TPSA) is 30.9 Å². The van der Waals surface area contributed by atoms with Crippen LogP contribution in [0.2, 0.25) is 0 Å². The first-order valence-electron chi connectivity index (χ1n) is 9.00. The molecular formula is C18H18BF4N3OS. The maximum Gasteiger partial charge on any atom is 0.673 e. The van der Waals surface area contributed by atoms with Gasteiger partial charge in [-0.25, -0.2) is 4.57 Å². The van der Waals surface area contributed by atoms with E-state index in [1.54, 1.807) is 7.11 Å². The van der Waals surface area contributed by atoms with Crippen LogP contribution in [0.4, 0.5) is 17.3 Å². The van der Waals surface area contributed by atoms with Gasteiger partial charge in [-0.2, -0.15) is 3.97 Å². The molecule has 0 saturated heterocycles. The second-order valence-electron chi connectivity index (χ2n) is 6.65. The van der Waals surface area contributed by atoms with Crippen molar-refractivity contribution in [2.45, 2.75) is 30.9 Å². The Kier molecular flexibility index (Phi) is 4.99. The highest BCUT2D eigenvalue weighted by Gasteiger charge is 2.38. The van der Waals surface area contributed by atoms with E-state index in [2.05, 4.69) is 45.1 Å². The van der Waals surface area contributed by atoms with Crippen LogP contribution in [0.1, 0.15) is 35.8 Å². The molecule has 3 aromatic rings. The largest absolute Gasteiger partial charge is 0.673 e. The molecule has 5 rings (SSSR count). The molecule has 2 aromatic heterocycles. The molecule has 2 aliphatic rings. The maximum absolute atomic E-state index is 9.75. The van der Waals surface area contributed by atoms with Crippen molar-refractivity contribution in [3.05, 3.63) is 47.8 Å². The third-order valence-electron chi connectivity index (χ3n) is 4.86. The van der Waals surface area contributed by atoms with Crippen LogP contribution in [0.25, 0.3) is 17.0 Å². The summed E-state index contributed by atoms with van der Waals surface area (Å²) in [7, 11) is -4.23. The van der Waals surface area contributed by atoms with Gasteiger partial charge in [-0.15, -0.1) is 0 Å². The van der Waals surface area contributed by atoms with E-state index in [1.807, 2.05) is 11.9 Å². The first kappa shape index (κ1) is 19.1. The van der Waals surface area contributed by atoms with Gasteiger partial charge < -0.3 is 22.0 Å². The van der Waals surface area contributed by atoms with Gasteiger partial charge in [0.1, 0.15) is 11.4 Å². The number of ether oxygens (including phenoxy) is 1. The molecule has 1 aromatic carbocycles. The maximum atomic E-state index is 9.75. The number of hydrogen-bond acceptors (Lipinski definition) is 3. The Bertz CT molecular complexity index is 1020. The van der Waals surface area contributed by atoms with Crippen LogP contribution in [-0.2, 0) is 6.42 Å². The predicted octanol–water partition coefficient (Wildman–Crippen LogP) is 4.90. The summed E-state index contributed by atoms with van der Waals surface area (Å²) >= 11 is 1.91. The highest BCUT2D eigenvalue weighted by atomic mass is 32.2. The summed E-state index contributed by atoms with van der Waals surface area (Å²) in [6.07, 6.45) is 6.91. The molecule has 0 amide bonds. The van der Waals surface area contributed by atoms with Crippen molar-refractivity contribution in [1.82, 2.24) is 8.96 Å². The molecule has 1 atom stereocenters. The van der Waals surface area contributed by atoms with Gasteiger partial charge in [-0.1, -0.05) is 23.5 Å². The molecule has 10 heteroatoms. The summed E-state index contributed by atoms with van der Waals surface area (Å²) in [5, 5.41) is 0.465. The van der Waals surface area contributed by atoms with Gasteiger partial charge in [0.25, 0.3) is 0 Å². The minimum atomic E-state index is -6.00. The highest BCUT2D eigenvalue weighted by molar-refractivity contribution is 7.98. The van der Waals surface area contributed by atoms with Gasteiger partial charge in [0.15, 0.2) is 11.0 Å². The number of pyridine rings is 1. The number of rotatable bonds is 1. The lowest BCUT2D eigenvalue weighted by molar-refractivity contribution is -0.614. The van der Waals surface area contributed by atoms with Gasteiger partial charge >= 0.3 is 13.2 Å². The monoisotopic (exact) mass is 411 g/mol. The van der Waals surface area contributed by atoms with E-state index >= 15 is 0 Å². The number of hydrogen-bond donors (Lipinski definition) is 0. The fourth-order valence-electron chi connectivity index (χ4n) is 3.81. The van der Waals surface area contributed by atoms with Crippen molar-refractivity contribution in [2.24, 2.45) is 0 Å². The van der Waals surface area contributed by atoms with E-state index in [0.717, 1.165) is 23.6 Å². The smallest absolute Gasteiger partial charge is 0.496 e. The summed E-state index contributed by atoms with van der Waals surface area (Å²) in [5.74, 6) is 2.03. The number of benzene rings is 1. The minimum Gasteiger partial charge on any atom is -0.496 e. The Morgan fingerprint density at radius 1 is 1.18 bits per heavy atom. The molecule has 4 nitrogen and oxygen atoms in total. The molecule has 3 heterocycles. The molecule has 0 saturated carbocycles. The fourth-order valence-corrected chi connectivity index (χ4v) is 5.18. The van der Waals surface area contributed by atoms with Crippen molar-refractivity contribution >= 4 is 30.2 Å². The van der Waals surface area contributed by atoms with Crippen LogP contribution < -0.4 is 9.30 Å². The van der Waals surface area contributed by atoms with Crippen LogP contribution in [-0.4, -0.2) is 23.3 Å². The first-order chi connectivity index (χ1) is 13.4. The van der Waals surface area contributed by atoms with Gasteiger partial charge in [-0.3, -0.25) is 0 Å². The van der Waals surface area contributed by atoms with Crippen molar-refractivity contribution in [3.8, 4) is 11.7 Å². The Morgan fingerprint density at radius 2 is 1.93 bits per heavy atom. The lowest BCUT2D eigenvalue weighted by atomic mass is 10.1. The lowest BCUT2D eigenvalue weighted by Crippen LogP contribution is -2.43. The molecule has 0 N–H and O–H groups in total. The minimum absolute atomic E-state index is 0.465. The SMILES string of the molecule is COc1cc[n+]2c3c1CCCCC3Sn1c-2nc2ccccc21.F[B-](F)(F)F. The van der Waals surface area contributed by atoms with Gasteiger partial charge in [0, 0.05) is 23.6 Å². The lowest BCUT2D eigenvalue weighted by Gasteiger charge is -2.23. The van der Waals surface area contributed by atoms with E-state index in [-0.39, 0.29) is 0 Å². The number of para-hydroxylation sites is 2. The molecule has 0 bridgehead atoms. The average Bonchev–Trinajstić information content (AvgIpc) is 2.88. The van der Waals surface area contributed by atoms with Gasteiger partial charge in [-0.05, 0) is 31.4 Å². The average molecular weight is 411 g/mol. The Hall–Kier alpha value is -2.23. The normalized spacial score (nSPS) is 17.8. The van der Waals surface area contributed by atoms with Crippen molar-refractivity contribution in [1.29, 1.82) is 0 Å². The molecule has 0 spiro atoms. The fraction of sp³-hybridized carbons (Fsp3) is 0.333. The number of aromatic nitrogens is 3. The van der Waals surface area contributed by atoms with Gasteiger partial charge in [0.2, 0.25) is 0 Å². The number of halogens is 4.